The van der Waals surface area contributed by atoms with E-state index < -0.39 is 0 Å². The Kier molecular flexibility index (Phi) is 6.48. The lowest BCUT2D eigenvalue weighted by molar-refractivity contribution is -0.135. The van der Waals surface area contributed by atoms with Crippen LogP contribution in [-0.2, 0) is 4.79 Å². The molecule has 0 aliphatic carbocycles. The van der Waals surface area contributed by atoms with Crippen LogP contribution in [0.3, 0.4) is 0 Å². The second kappa shape index (κ2) is 8.15. The largest absolute Gasteiger partial charge is 0.333 e. The number of rotatable bonds is 3. The van der Waals surface area contributed by atoms with E-state index in [1.807, 2.05) is 47.5 Å². The molecule has 0 bridgehead atoms. The van der Waals surface area contributed by atoms with Crippen LogP contribution in [-0.4, -0.2) is 30.4 Å². The first kappa shape index (κ1) is 18.3. The van der Waals surface area contributed by atoms with Crippen molar-refractivity contribution in [3.8, 4) is 0 Å². The van der Waals surface area contributed by atoms with Gasteiger partial charge in [0.15, 0.2) is 0 Å². The first-order chi connectivity index (χ1) is 10.7. The van der Waals surface area contributed by atoms with E-state index in [0.29, 0.717) is 5.02 Å². The summed E-state index contributed by atoms with van der Waals surface area (Å²) in [5, 5.41) is 8.16. The van der Waals surface area contributed by atoms with Crippen molar-refractivity contribution < 1.29 is 4.79 Å². The predicted octanol–water partition coefficient (Wildman–Crippen LogP) is 4.10. The molecule has 0 saturated carbocycles. The maximum Gasteiger partial charge on any atom is 0.230 e. The molecule has 124 valence electrons. The molecule has 1 fully saturated rings. The third-order valence-corrected chi connectivity index (χ3v) is 5.11. The Morgan fingerprint density at radius 2 is 2.26 bits per heavy atom. The molecule has 23 heavy (non-hydrogen) atoms. The maximum absolute atomic E-state index is 12.9. The average Bonchev–Trinajstić information content (AvgIpc) is 3.08. The highest BCUT2D eigenvalue weighted by Gasteiger charge is 2.31. The molecule has 6 heteroatoms. The number of halogens is 2. The van der Waals surface area contributed by atoms with Gasteiger partial charge in [-0.25, -0.2) is 0 Å². The van der Waals surface area contributed by atoms with Crippen LogP contribution < -0.4 is 5.32 Å². The Bertz CT molecular complexity index is 648. The Balaban J connectivity index is 0.00000192. The van der Waals surface area contributed by atoms with E-state index in [-0.39, 0.29) is 30.3 Å². The van der Waals surface area contributed by atoms with E-state index in [0.717, 1.165) is 30.8 Å². The van der Waals surface area contributed by atoms with Gasteiger partial charge in [-0.1, -0.05) is 23.7 Å². The highest BCUT2D eigenvalue weighted by molar-refractivity contribution is 7.08. The van der Waals surface area contributed by atoms with Gasteiger partial charge in [-0.2, -0.15) is 11.3 Å². The van der Waals surface area contributed by atoms with E-state index in [1.165, 1.54) is 0 Å². The van der Waals surface area contributed by atoms with Gasteiger partial charge in [0.25, 0.3) is 0 Å². The van der Waals surface area contributed by atoms with Crippen molar-refractivity contribution in [2.45, 2.75) is 18.9 Å². The average molecular weight is 371 g/mol. The summed E-state index contributed by atoms with van der Waals surface area (Å²) in [6.45, 7) is 4.31. The summed E-state index contributed by atoms with van der Waals surface area (Å²) in [4.78, 5) is 14.9. The summed E-state index contributed by atoms with van der Waals surface area (Å²) in [7, 11) is 0. The van der Waals surface area contributed by atoms with Crippen molar-refractivity contribution in [2.24, 2.45) is 0 Å². The number of hydrogen-bond donors (Lipinski definition) is 1. The zero-order chi connectivity index (χ0) is 15.5. The van der Waals surface area contributed by atoms with Crippen molar-refractivity contribution >= 4 is 41.3 Å². The zero-order valence-electron chi connectivity index (χ0n) is 12.9. The quantitative estimate of drug-likeness (QED) is 0.881. The summed E-state index contributed by atoms with van der Waals surface area (Å²) >= 11 is 7.74. The number of thiophene rings is 1. The maximum atomic E-state index is 12.9. The molecule has 2 atom stereocenters. The molecule has 2 unspecified atom stereocenters. The normalized spacial score (nSPS) is 19.0. The van der Waals surface area contributed by atoms with Crippen LogP contribution in [0.5, 0.6) is 0 Å². The fourth-order valence-electron chi connectivity index (χ4n) is 2.89. The lowest BCUT2D eigenvalue weighted by atomic mass is 9.98. The lowest BCUT2D eigenvalue weighted by Crippen LogP contribution is -2.49. The Morgan fingerprint density at radius 1 is 1.43 bits per heavy atom. The van der Waals surface area contributed by atoms with Crippen LogP contribution in [0.15, 0.2) is 41.1 Å². The summed E-state index contributed by atoms with van der Waals surface area (Å²) in [5.74, 6) is 0.0795. The van der Waals surface area contributed by atoms with Gasteiger partial charge in [-0.15, -0.1) is 12.4 Å². The van der Waals surface area contributed by atoms with Gasteiger partial charge < -0.3 is 10.2 Å². The number of carbonyl (C=O) groups excluding carboxylic acids is 1. The molecule has 0 spiro atoms. The molecule has 1 aromatic carbocycles. The molecule has 1 aromatic heterocycles. The Morgan fingerprint density at radius 3 is 2.96 bits per heavy atom. The number of amides is 1. The van der Waals surface area contributed by atoms with Crippen LogP contribution in [0, 0.1) is 0 Å². The van der Waals surface area contributed by atoms with E-state index in [1.54, 1.807) is 11.3 Å². The number of benzene rings is 1. The van der Waals surface area contributed by atoms with Crippen LogP contribution in [0.25, 0.3) is 0 Å². The second-order valence-electron chi connectivity index (χ2n) is 5.58. The molecule has 1 aliphatic heterocycles. The molecular weight excluding hydrogens is 351 g/mol. The monoisotopic (exact) mass is 370 g/mol. The van der Waals surface area contributed by atoms with E-state index in [9.17, 15) is 4.79 Å². The van der Waals surface area contributed by atoms with Crippen LogP contribution in [0.2, 0.25) is 5.02 Å². The van der Waals surface area contributed by atoms with Crippen LogP contribution in [0.1, 0.15) is 30.0 Å². The molecule has 1 aliphatic rings. The molecule has 3 rings (SSSR count). The van der Waals surface area contributed by atoms with Crippen molar-refractivity contribution in [3.63, 3.8) is 0 Å². The molecule has 2 aromatic rings. The van der Waals surface area contributed by atoms with Crippen molar-refractivity contribution in [2.75, 3.05) is 19.6 Å². The number of nitrogens with zero attached hydrogens (tertiary/aromatic N) is 1. The van der Waals surface area contributed by atoms with Gasteiger partial charge in [0, 0.05) is 24.7 Å². The van der Waals surface area contributed by atoms with E-state index in [2.05, 4.69) is 10.7 Å². The smallest absolute Gasteiger partial charge is 0.230 e. The number of hydrogen-bond acceptors (Lipinski definition) is 3. The number of piperazine rings is 1. The van der Waals surface area contributed by atoms with Gasteiger partial charge in [-0.05, 0) is 47.0 Å². The third-order valence-electron chi connectivity index (χ3n) is 4.17. The number of carbonyl (C=O) groups is 1. The minimum atomic E-state index is -0.106. The van der Waals surface area contributed by atoms with Gasteiger partial charge in [-0.3, -0.25) is 4.79 Å². The lowest BCUT2D eigenvalue weighted by Gasteiger charge is -2.38. The first-order valence-electron chi connectivity index (χ1n) is 7.45. The van der Waals surface area contributed by atoms with Gasteiger partial charge in [0.1, 0.15) is 0 Å². The summed E-state index contributed by atoms with van der Waals surface area (Å²) in [6, 6.07) is 9.87. The second-order valence-corrected chi connectivity index (χ2v) is 6.80. The van der Waals surface area contributed by atoms with E-state index in [4.69, 9.17) is 11.6 Å². The van der Waals surface area contributed by atoms with E-state index >= 15 is 0 Å². The Labute approximate surface area is 152 Å². The summed E-state index contributed by atoms with van der Waals surface area (Å²) in [5.41, 5.74) is 2.18. The topological polar surface area (TPSA) is 32.3 Å². The van der Waals surface area contributed by atoms with Crippen molar-refractivity contribution in [1.82, 2.24) is 10.2 Å². The molecule has 1 amide bonds. The fraction of sp³-hybridized carbons (Fsp3) is 0.353. The van der Waals surface area contributed by atoms with Crippen LogP contribution in [0.4, 0.5) is 0 Å². The number of nitrogens with one attached hydrogen (secondary N) is 1. The highest BCUT2D eigenvalue weighted by atomic mass is 35.5. The van der Waals surface area contributed by atoms with Gasteiger partial charge in [0.05, 0.1) is 12.0 Å². The molecule has 2 heterocycles. The third kappa shape index (κ3) is 4.07. The first-order valence-corrected chi connectivity index (χ1v) is 8.77. The minimum Gasteiger partial charge on any atom is -0.333 e. The fourth-order valence-corrected chi connectivity index (χ4v) is 3.85. The molecule has 3 nitrogen and oxygen atoms in total. The van der Waals surface area contributed by atoms with Crippen LogP contribution >= 0.6 is 35.3 Å². The molecule has 1 N–H and O–H groups in total. The SMILES string of the molecule is CC(C(=O)N1CCNCC1c1cccc(Cl)c1)c1ccsc1.Cl. The standard InChI is InChI=1S/C17H19ClN2OS.ClH/c1-12(14-5-8-22-11-14)17(21)20-7-6-19-10-16(20)13-3-2-4-15(18)9-13;/h2-5,8-9,11-12,16,19H,6-7,10H2,1H3;1H. The molecule has 0 radical (unpaired) electrons. The minimum absolute atomic E-state index is 0. The Hall–Kier alpha value is -1.07. The summed E-state index contributed by atoms with van der Waals surface area (Å²) in [6.07, 6.45) is 0. The van der Waals surface area contributed by atoms with Crippen molar-refractivity contribution in [3.05, 3.63) is 57.2 Å². The molecule has 1 saturated heterocycles. The summed E-state index contributed by atoms with van der Waals surface area (Å²) < 4.78 is 0. The predicted molar refractivity (Wildman–Crippen MR) is 98.8 cm³/mol. The van der Waals surface area contributed by atoms with Gasteiger partial charge >= 0.3 is 0 Å². The molecular formula is C17H20Cl2N2OS. The highest BCUT2D eigenvalue weighted by Crippen LogP contribution is 2.29. The zero-order valence-corrected chi connectivity index (χ0v) is 15.3. The van der Waals surface area contributed by atoms with Crippen molar-refractivity contribution in [1.29, 1.82) is 0 Å². The van der Waals surface area contributed by atoms with Gasteiger partial charge in [0.2, 0.25) is 5.91 Å².